The molecule has 4 nitrogen and oxygen atoms in total. The number of furan rings is 1. The Hall–Kier alpha value is -1.55. The topological polar surface area (TPSA) is 43.0 Å². The molecule has 4 heteroatoms. The van der Waals surface area contributed by atoms with Crippen LogP contribution < -0.4 is 5.32 Å². The number of nitrogens with one attached hydrogen (secondary N) is 1. The van der Waals surface area contributed by atoms with Crippen LogP contribution in [0.25, 0.3) is 0 Å². The van der Waals surface area contributed by atoms with Crippen molar-refractivity contribution >= 4 is 0 Å². The number of rotatable bonds is 5. The van der Waals surface area contributed by atoms with Gasteiger partial charge < -0.3 is 9.73 Å². The minimum Gasteiger partial charge on any atom is -0.472 e. The number of aryl methyl sites for hydroxylation is 2. The average molecular weight is 233 g/mol. The Labute approximate surface area is 102 Å². The third kappa shape index (κ3) is 2.77. The minimum atomic E-state index is 0.281. The van der Waals surface area contributed by atoms with Crippen molar-refractivity contribution in [2.45, 2.75) is 26.3 Å². The molecule has 1 unspecified atom stereocenters. The number of likely N-dealkylation sites (N-methyl/N-ethyl adjacent to an activating group) is 1. The van der Waals surface area contributed by atoms with Crippen LogP contribution in [-0.4, -0.2) is 16.3 Å². The summed E-state index contributed by atoms with van der Waals surface area (Å²) in [5.74, 6) is 0. The van der Waals surface area contributed by atoms with Crippen LogP contribution in [0.2, 0.25) is 0 Å². The molecular weight excluding hydrogens is 214 g/mol. The van der Waals surface area contributed by atoms with Crippen LogP contribution in [0, 0.1) is 6.92 Å². The van der Waals surface area contributed by atoms with Crippen LogP contribution in [-0.2, 0) is 13.5 Å². The Morgan fingerprint density at radius 1 is 1.53 bits per heavy atom. The molecule has 0 spiro atoms. The van der Waals surface area contributed by atoms with E-state index < -0.39 is 0 Å². The lowest BCUT2D eigenvalue weighted by molar-refractivity contribution is 0.502. The molecule has 0 aliphatic carbocycles. The second-order valence-electron chi connectivity index (χ2n) is 4.28. The first-order valence-electron chi connectivity index (χ1n) is 5.95. The van der Waals surface area contributed by atoms with E-state index in [1.54, 1.807) is 12.5 Å². The smallest absolute Gasteiger partial charge is 0.0935 e. The molecule has 92 valence electrons. The highest BCUT2D eigenvalue weighted by molar-refractivity contribution is 5.17. The van der Waals surface area contributed by atoms with E-state index in [4.69, 9.17) is 4.42 Å². The lowest BCUT2D eigenvalue weighted by Gasteiger charge is -2.17. The summed E-state index contributed by atoms with van der Waals surface area (Å²) in [4.78, 5) is 0. The molecule has 0 radical (unpaired) electrons. The van der Waals surface area contributed by atoms with Crippen molar-refractivity contribution < 1.29 is 4.42 Å². The second-order valence-corrected chi connectivity index (χ2v) is 4.28. The molecule has 2 aromatic rings. The normalized spacial score (nSPS) is 12.9. The van der Waals surface area contributed by atoms with Crippen LogP contribution in [0.5, 0.6) is 0 Å². The number of hydrogen-bond donors (Lipinski definition) is 1. The van der Waals surface area contributed by atoms with Crippen LogP contribution in [0.3, 0.4) is 0 Å². The Kier molecular flexibility index (Phi) is 3.64. The standard InChI is InChI=1S/C13H19N3O/c1-4-14-12(8-11-5-6-17-9-11)13-7-10(2)15-16(13)3/h5-7,9,12,14H,4,8H2,1-3H3. The van der Waals surface area contributed by atoms with Gasteiger partial charge in [-0.25, -0.2) is 0 Å². The Balaban J connectivity index is 2.19. The summed E-state index contributed by atoms with van der Waals surface area (Å²) in [6.07, 6.45) is 4.43. The van der Waals surface area contributed by atoms with Gasteiger partial charge in [-0.15, -0.1) is 0 Å². The van der Waals surface area contributed by atoms with Gasteiger partial charge in [0.25, 0.3) is 0 Å². The van der Waals surface area contributed by atoms with Gasteiger partial charge in [-0.05, 0) is 37.6 Å². The fourth-order valence-electron chi connectivity index (χ4n) is 2.13. The summed E-state index contributed by atoms with van der Waals surface area (Å²) in [5, 5.41) is 7.89. The van der Waals surface area contributed by atoms with Gasteiger partial charge in [0.05, 0.1) is 30.0 Å². The van der Waals surface area contributed by atoms with Crippen LogP contribution in [0.15, 0.2) is 29.1 Å². The summed E-state index contributed by atoms with van der Waals surface area (Å²) in [6, 6.07) is 4.42. The average Bonchev–Trinajstić information content (AvgIpc) is 2.88. The molecule has 0 amide bonds. The van der Waals surface area contributed by atoms with Gasteiger partial charge in [0.1, 0.15) is 0 Å². The van der Waals surface area contributed by atoms with E-state index in [2.05, 4.69) is 23.4 Å². The molecule has 0 aromatic carbocycles. The fraction of sp³-hybridized carbons (Fsp3) is 0.462. The minimum absolute atomic E-state index is 0.281. The van der Waals surface area contributed by atoms with Gasteiger partial charge in [0, 0.05) is 7.05 Å². The molecule has 0 fully saturated rings. The molecule has 2 rings (SSSR count). The second kappa shape index (κ2) is 5.19. The highest BCUT2D eigenvalue weighted by atomic mass is 16.3. The zero-order chi connectivity index (χ0) is 12.3. The van der Waals surface area contributed by atoms with Crippen molar-refractivity contribution in [1.29, 1.82) is 0 Å². The monoisotopic (exact) mass is 233 g/mol. The molecule has 0 aliphatic rings. The first-order valence-corrected chi connectivity index (χ1v) is 5.95. The van der Waals surface area contributed by atoms with Gasteiger partial charge >= 0.3 is 0 Å². The van der Waals surface area contributed by atoms with Gasteiger partial charge in [0.15, 0.2) is 0 Å². The third-order valence-corrected chi connectivity index (χ3v) is 2.87. The maximum absolute atomic E-state index is 5.11. The largest absolute Gasteiger partial charge is 0.472 e. The van der Waals surface area contributed by atoms with E-state index in [0.29, 0.717) is 0 Å². The molecule has 1 N–H and O–H groups in total. The SMILES string of the molecule is CCNC(Cc1ccoc1)c1cc(C)nn1C. The van der Waals surface area contributed by atoms with Gasteiger partial charge in [-0.3, -0.25) is 4.68 Å². The molecule has 0 aliphatic heterocycles. The zero-order valence-corrected chi connectivity index (χ0v) is 10.6. The number of aromatic nitrogens is 2. The molecule has 2 heterocycles. The lowest BCUT2D eigenvalue weighted by atomic mass is 10.1. The molecule has 1 atom stereocenters. The van der Waals surface area contributed by atoms with Crippen molar-refractivity contribution in [3.8, 4) is 0 Å². The number of nitrogens with zero attached hydrogens (tertiary/aromatic N) is 2. The summed E-state index contributed by atoms with van der Waals surface area (Å²) < 4.78 is 7.06. The van der Waals surface area contributed by atoms with Gasteiger partial charge in [-0.1, -0.05) is 6.92 Å². The lowest BCUT2D eigenvalue weighted by Crippen LogP contribution is -2.25. The van der Waals surface area contributed by atoms with Crippen molar-refractivity contribution in [3.63, 3.8) is 0 Å². The molecule has 0 bridgehead atoms. The predicted octanol–water partition coefficient (Wildman–Crippen LogP) is 2.21. The predicted molar refractivity (Wildman–Crippen MR) is 66.8 cm³/mol. The highest BCUT2D eigenvalue weighted by Gasteiger charge is 2.16. The molecule has 2 aromatic heterocycles. The van der Waals surface area contributed by atoms with E-state index in [-0.39, 0.29) is 6.04 Å². The van der Waals surface area contributed by atoms with E-state index in [9.17, 15) is 0 Å². The summed E-state index contributed by atoms with van der Waals surface area (Å²) in [6.45, 7) is 5.07. The van der Waals surface area contributed by atoms with Crippen LogP contribution in [0.4, 0.5) is 0 Å². The third-order valence-electron chi connectivity index (χ3n) is 2.87. The fourth-order valence-corrected chi connectivity index (χ4v) is 2.13. The van der Waals surface area contributed by atoms with Gasteiger partial charge in [-0.2, -0.15) is 5.10 Å². The van der Waals surface area contributed by atoms with Gasteiger partial charge in [0.2, 0.25) is 0 Å². The van der Waals surface area contributed by atoms with Crippen molar-refractivity contribution in [2.24, 2.45) is 7.05 Å². The van der Waals surface area contributed by atoms with E-state index in [0.717, 1.165) is 18.7 Å². The van der Waals surface area contributed by atoms with E-state index in [1.807, 2.05) is 24.7 Å². The number of hydrogen-bond acceptors (Lipinski definition) is 3. The zero-order valence-electron chi connectivity index (χ0n) is 10.6. The first-order chi connectivity index (χ1) is 8.20. The van der Waals surface area contributed by atoms with Crippen LogP contribution >= 0.6 is 0 Å². The molecule has 17 heavy (non-hydrogen) atoms. The molecule has 0 saturated heterocycles. The van der Waals surface area contributed by atoms with E-state index >= 15 is 0 Å². The first kappa shape index (κ1) is 11.9. The quantitative estimate of drug-likeness (QED) is 0.861. The highest BCUT2D eigenvalue weighted by Crippen LogP contribution is 2.19. The van der Waals surface area contributed by atoms with Crippen LogP contribution in [0.1, 0.15) is 29.9 Å². The van der Waals surface area contributed by atoms with Crippen molar-refractivity contribution in [3.05, 3.63) is 41.6 Å². The Bertz CT molecular complexity index is 459. The maximum Gasteiger partial charge on any atom is 0.0935 e. The Morgan fingerprint density at radius 2 is 2.35 bits per heavy atom. The molecule has 0 saturated carbocycles. The van der Waals surface area contributed by atoms with Crippen molar-refractivity contribution in [2.75, 3.05) is 6.54 Å². The summed E-state index contributed by atoms with van der Waals surface area (Å²) >= 11 is 0. The summed E-state index contributed by atoms with van der Waals surface area (Å²) in [7, 11) is 1.99. The van der Waals surface area contributed by atoms with Crippen molar-refractivity contribution in [1.82, 2.24) is 15.1 Å². The Morgan fingerprint density at radius 3 is 2.88 bits per heavy atom. The van der Waals surface area contributed by atoms with E-state index in [1.165, 1.54) is 11.3 Å². The molecular formula is C13H19N3O. The maximum atomic E-state index is 5.11. The summed E-state index contributed by atoms with van der Waals surface area (Å²) in [5.41, 5.74) is 3.47.